The predicted octanol–water partition coefficient (Wildman–Crippen LogP) is 3.98. The lowest BCUT2D eigenvalue weighted by molar-refractivity contribution is -0.384. The number of thiazole rings is 1. The zero-order valence-electron chi connectivity index (χ0n) is 22.6. The molecule has 1 aliphatic rings. The van der Waals surface area contributed by atoms with Crippen molar-refractivity contribution >= 4 is 29.1 Å². The number of benzene rings is 2. The van der Waals surface area contributed by atoms with Gasteiger partial charge in [0.2, 0.25) is 0 Å². The molecule has 210 valence electrons. The first-order valence-corrected chi connectivity index (χ1v) is 13.3. The lowest BCUT2D eigenvalue weighted by Gasteiger charge is -2.25. The highest BCUT2D eigenvalue weighted by molar-refractivity contribution is 7.07. The lowest BCUT2D eigenvalue weighted by atomic mass is 9.95. The number of nitro benzene ring substituents is 1. The number of ether oxygens (including phenoxy) is 3. The highest BCUT2D eigenvalue weighted by atomic mass is 32.1. The van der Waals surface area contributed by atoms with Crippen LogP contribution >= 0.6 is 11.3 Å². The molecule has 11 nitrogen and oxygen atoms in total. The maximum absolute atomic E-state index is 13.9. The van der Waals surface area contributed by atoms with Gasteiger partial charge in [0.25, 0.3) is 11.2 Å². The minimum Gasteiger partial charge on any atom is -0.496 e. The topological polar surface area (TPSA) is 135 Å². The van der Waals surface area contributed by atoms with Crippen LogP contribution in [0.2, 0.25) is 0 Å². The number of furan rings is 1. The molecule has 0 N–H and O–H groups in total. The van der Waals surface area contributed by atoms with Crippen LogP contribution in [0.5, 0.6) is 11.5 Å². The van der Waals surface area contributed by atoms with E-state index < -0.39 is 16.9 Å². The number of non-ortho nitro benzene ring substituents is 1. The van der Waals surface area contributed by atoms with Crippen molar-refractivity contribution in [3.63, 3.8) is 0 Å². The van der Waals surface area contributed by atoms with Crippen molar-refractivity contribution in [1.82, 2.24) is 4.57 Å². The highest BCUT2D eigenvalue weighted by Crippen LogP contribution is 2.36. The van der Waals surface area contributed by atoms with Crippen LogP contribution < -0.4 is 24.4 Å². The number of allylic oxidation sites excluding steroid dienone is 1. The number of fused-ring (bicyclic) bond motifs is 1. The molecule has 2 aromatic heterocycles. The summed E-state index contributed by atoms with van der Waals surface area (Å²) < 4.78 is 24.0. The smallest absolute Gasteiger partial charge is 0.338 e. The molecule has 0 fully saturated rings. The lowest BCUT2D eigenvalue weighted by Crippen LogP contribution is -2.40. The number of aromatic nitrogens is 1. The zero-order chi connectivity index (χ0) is 29.3. The van der Waals surface area contributed by atoms with E-state index in [1.165, 1.54) is 37.0 Å². The van der Waals surface area contributed by atoms with Crippen molar-refractivity contribution in [3.8, 4) is 22.8 Å². The summed E-state index contributed by atoms with van der Waals surface area (Å²) in [6.07, 6.45) is 1.57. The second-order valence-corrected chi connectivity index (χ2v) is 9.90. The zero-order valence-corrected chi connectivity index (χ0v) is 23.4. The first-order chi connectivity index (χ1) is 19.8. The van der Waals surface area contributed by atoms with Gasteiger partial charge in [-0.15, -0.1) is 0 Å². The molecule has 5 rings (SSSR count). The van der Waals surface area contributed by atoms with Crippen LogP contribution in [0, 0.1) is 10.1 Å². The fourth-order valence-corrected chi connectivity index (χ4v) is 5.71. The van der Waals surface area contributed by atoms with Gasteiger partial charge in [-0.05, 0) is 38.1 Å². The Morgan fingerprint density at radius 3 is 2.61 bits per heavy atom. The summed E-state index contributed by atoms with van der Waals surface area (Å²) in [5, 5.41) is 11.3. The molecule has 0 saturated carbocycles. The molecule has 0 spiro atoms. The number of esters is 1. The van der Waals surface area contributed by atoms with E-state index in [4.69, 9.17) is 18.6 Å². The monoisotopic (exact) mass is 575 g/mol. The van der Waals surface area contributed by atoms with Crippen LogP contribution in [-0.4, -0.2) is 36.3 Å². The van der Waals surface area contributed by atoms with Gasteiger partial charge in [-0.1, -0.05) is 29.5 Å². The minimum absolute atomic E-state index is 0.115. The summed E-state index contributed by atoms with van der Waals surface area (Å²) in [4.78, 5) is 42.7. The van der Waals surface area contributed by atoms with Crippen molar-refractivity contribution in [1.29, 1.82) is 0 Å². The molecule has 0 radical (unpaired) electrons. The SMILES string of the molecule is CCOC(=O)C1=C(C)N=c2s/c(=C\c3ccc(-c4cc([N+](=O)[O-])ccc4OC)o3)c(=O)n2[C@H]1c1ccccc1OC. The molecule has 4 aromatic rings. The number of carbonyl (C=O) groups excluding carboxylic acids is 1. The van der Waals surface area contributed by atoms with E-state index in [-0.39, 0.29) is 23.4 Å². The van der Waals surface area contributed by atoms with Gasteiger partial charge in [0.05, 0.1) is 47.1 Å². The fraction of sp³-hybridized carbons (Fsp3) is 0.207. The van der Waals surface area contributed by atoms with Gasteiger partial charge < -0.3 is 18.6 Å². The second-order valence-electron chi connectivity index (χ2n) is 8.89. The van der Waals surface area contributed by atoms with Gasteiger partial charge in [-0.2, -0.15) is 0 Å². The number of nitro groups is 1. The van der Waals surface area contributed by atoms with Gasteiger partial charge >= 0.3 is 5.97 Å². The maximum atomic E-state index is 13.9. The summed E-state index contributed by atoms with van der Waals surface area (Å²) in [6, 6.07) is 13.8. The second kappa shape index (κ2) is 11.3. The molecule has 0 amide bonds. The highest BCUT2D eigenvalue weighted by Gasteiger charge is 2.35. The van der Waals surface area contributed by atoms with E-state index in [1.807, 2.05) is 0 Å². The Morgan fingerprint density at radius 1 is 1.15 bits per heavy atom. The molecule has 0 aliphatic carbocycles. The molecule has 12 heteroatoms. The number of carbonyl (C=O) groups is 1. The van der Waals surface area contributed by atoms with Crippen LogP contribution in [0.1, 0.15) is 31.2 Å². The Morgan fingerprint density at radius 2 is 1.90 bits per heavy atom. The van der Waals surface area contributed by atoms with E-state index in [9.17, 15) is 19.7 Å². The number of para-hydroxylation sites is 1. The molecule has 0 saturated heterocycles. The predicted molar refractivity (Wildman–Crippen MR) is 151 cm³/mol. The Bertz CT molecular complexity index is 1880. The van der Waals surface area contributed by atoms with Gasteiger partial charge in [-0.3, -0.25) is 19.5 Å². The molecule has 1 atom stereocenters. The third-order valence-electron chi connectivity index (χ3n) is 6.51. The van der Waals surface area contributed by atoms with E-state index >= 15 is 0 Å². The number of rotatable bonds is 8. The standard InChI is InChI=1S/C29H25N3O8S/c1-5-39-28(34)25-16(2)30-29-31(26(25)19-8-6-7-9-21(19)37-3)27(33)24(41-29)15-18-11-13-23(40-18)20-14-17(32(35)36)10-12-22(20)38-4/h6-15,26H,5H2,1-4H3/b24-15-/t26-/m0/s1. The quantitative estimate of drug-likeness (QED) is 0.175. The van der Waals surface area contributed by atoms with Gasteiger partial charge in [-0.25, -0.2) is 9.79 Å². The van der Waals surface area contributed by atoms with Crippen molar-refractivity contribution in [2.75, 3.05) is 20.8 Å². The van der Waals surface area contributed by atoms with Gasteiger partial charge in [0.15, 0.2) is 4.80 Å². The molecule has 41 heavy (non-hydrogen) atoms. The summed E-state index contributed by atoms with van der Waals surface area (Å²) >= 11 is 1.15. The van der Waals surface area contributed by atoms with E-state index in [0.29, 0.717) is 49.2 Å². The fourth-order valence-electron chi connectivity index (χ4n) is 4.68. The van der Waals surface area contributed by atoms with E-state index in [0.717, 1.165) is 11.3 Å². The molecule has 2 aromatic carbocycles. The van der Waals surface area contributed by atoms with Crippen LogP contribution in [-0.2, 0) is 9.53 Å². The Hall–Kier alpha value is -4.97. The van der Waals surface area contributed by atoms with Crippen molar-refractivity contribution in [2.45, 2.75) is 19.9 Å². The summed E-state index contributed by atoms with van der Waals surface area (Å²) in [6.45, 7) is 3.58. The molecule has 3 heterocycles. The van der Waals surface area contributed by atoms with E-state index in [2.05, 4.69) is 4.99 Å². The Kier molecular flexibility index (Phi) is 7.58. The number of methoxy groups -OCH3 is 2. The first-order valence-electron chi connectivity index (χ1n) is 12.5. The first kappa shape index (κ1) is 27.6. The van der Waals surface area contributed by atoms with Crippen LogP contribution in [0.15, 0.2) is 80.1 Å². The summed E-state index contributed by atoms with van der Waals surface area (Å²) in [5.74, 6) is 1.01. The van der Waals surface area contributed by atoms with Gasteiger partial charge in [0, 0.05) is 23.8 Å². The number of hydrogen-bond donors (Lipinski definition) is 0. The Balaban J connectivity index is 1.65. The maximum Gasteiger partial charge on any atom is 0.338 e. The summed E-state index contributed by atoms with van der Waals surface area (Å²) in [7, 11) is 2.98. The van der Waals surface area contributed by atoms with Crippen molar-refractivity contribution in [3.05, 3.63) is 107 Å². The van der Waals surface area contributed by atoms with Crippen molar-refractivity contribution < 1.29 is 28.3 Å². The van der Waals surface area contributed by atoms with E-state index in [1.54, 1.807) is 56.3 Å². The van der Waals surface area contributed by atoms with Crippen molar-refractivity contribution in [2.24, 2.45) is 4.99 Å². The molecular weight excluding hydrogens is 550 g/mol. The Labute approximate surface area is 237 Å². The third-order valence-corrected chi connectivity index (χ3v) is 7.49. The average Bonchev–Trinajstić information content (AvgIpc) is 3.56. The number of hydrogen-bond acceptors (Lipinski definition) is 10. The van der Waals surface area contributed by atoms with Crippen LogP contribution in [0.3, 0.4) is 0 Å². The average molecular weight is 576 g/mol. The molecule has 0 bridgehead atoms. The number of nitrogens with zero attached hydrogens (tertiary/aromatic N) is 3. The molecule has 1 aliphatic heterocycles. The third kappa shape index (κ3) is 5.05. The normalized spacial score (nSPS) is 14.8. The van der Waals surface area contributed by atoms with Crippen LogP contribution in [0.25, 0.3) is 17.4 Å². The largest absolute Gasteiger partial charge is 0.496 e. The molecule has 0 unspecified atom stereocenters. The van der Waals surface area contributed by atoms with Gasteiger partial charge in [0.1, 0.15) is 29.1 Å². The van der Waals surface area contributed by atoms with Crippen LogP contribution in [0.4, 0.5) is 5.69 Å². The summed E-state index contributed by atoms with van der Waals surface area (Å²) in [5.41, 5.74) is 1.19. The minimum atomic E-state index is -0.829. The molecular formula is C29H25N3O8S.